The van der Waals surface area contributed by atoms with Crippen LogP contribution in [0.2, 0.25) is 5.02 Å². The van der Waals surface area contributed by atoms with E-state index in [0.717, 1.165) is 27.7 Å². The van der Waals surface area contributed by atoms with Crippen LogP contribution in [0, 0.1) is 11.3 Å². The predicted octanol–water partition coefficient (Wildman–Crippen LogP) is 5.02. The van der Waals surface area contributed by atoms with Crippen molar-refractivity contribution in [1.82, 2.24) is 9.88 Å². The van der Waals surface area contributed by atoms with Gasteiger partial charge in [-0.3, -0.25) is 4.90 Å². The van der Waals surface area contributed by atoms with Crippen molar-refractivity contribution in [2.24, 2.45) is 0 Å². The van der Waals surface area contributed by atoms with E-state index in [1.54, 1.807) is 17.0 Å². The second-order valence-electron chi connectivity index (χ2n) is 6.59. The molecule has 0 saturated heterocycles. The van der Waals surface area contributed by atoms with E-state index in [2.05, 4.69) is 11.1 Å². The summed E-state index contributed by atoms with van der Waals surface area (Å²) in [6.45, 7) is 0.671. The molecule has 1 atom stereocenters. The van der Waals surface area contributed by atoms with Crippen molar-refractivity contribution in [2.45, 2.75) is 12.5 Å². The number of halogens is 2. The number of hydrogen-bond acceptors (Lipinski definition) is 3. The van der Waals surface area contributed by atoms with Gasteiger partial charge in [-0.2, -0.15) is 5.26 Å². The number of hydrogen-bond donors (Lipinski definition) is 1. The Morgan fingerprint density at radius 3 is 2.79 bits per heavy atom. The lowest BCUT2D eigenvalue weighted by atomic mass is 9.92. The molecule has 0 spiro atoms. The summed E-state index contributed by atoms with van der Waals surface area (Å²) in [7, 11) is 0. The average molecular weight is 414 g/mol. The lowest BCUT2D eigenvalue weighted by molar-refractivity contribution is 0.0938. The van der Waals surface area contributed by atoms with E-state index in [9.17, 15) is 4.79 Å². The number of carbonyl (C=O) groups is 1. The van der Waals surface area contributed by atoms with Gasteiger partial charge in [0.15, 0.2) is 0 Å². The van der Waals surface area contributed by atoms with Crippen LogP contribution >= 0.6 is 23.2 Å². The minimum absolute atomic E-state index is 0.159. The first-order valence-corrected chi connectivity index (χ1v) is 9.83. The second kappa shape index (κ2) is 7.75. The van der Waals surface area contributed by atoms with Crippen LogP contribution in [-0.2, 0) is 11.2 Å². The number of aromatic nitrogens is 1. The summed E-state index contributed by atoms with van der Waals surface area (Å²) in [6.07, 6.45) is 0.288. The number of amides is 1. The lowest BCUT2D eigenvalue weighted by Gasteiger charge is -2.35. The molecule has 0 bridgehead atoms. The molecule has 28 heavy (non-hydrogen) atoms. The van der Waals surface area contributed by atoms with E-state index < -0.39 is 6.09 Å². The molecule has 4 rings (SSSR count). The fourth-order valence-corrected chi connectivity index (χ4v) is 4.00. The number of ether oxygens (including phenoxy) is 1. The Labute approximate surface area is 172 Å². The first kappa shape index (κ1) is 18.7. The summed E-state index contributed by atoms with van der Waals surface area (Å²) in [6, 6.07) is 14.8. The molecule has 5 nitrogen and oxygen atoms in total. The van der Waals surface area contributed by atoms with Crippen molar-refractivity contribution in [2.75, 3.05) is 19.0 Å². The smallest absolute Gasteiger partial charge is 0.410 e. The number of carbonyl (C=O) groups excluding carboxylic acids is 1. The van der Waals surface area contributed by atoms with Gasteiger partial charge in [0.2, 0.25) is 0 Å². The second-order valence-corrected chi connectivity index (χ2v) is 7.40. The third kappa shape index (κ3) is 3.30. The van der Waals surface area contributed by atoms with Crippen LogP contribution in [0.3, 0.4) is 0 Å². The summed E-state index contributed by atoms with van der Waals surface area (Å²) >= 11 is 11.9. The maximum absolute atomic E-state index is 12.7. The van der Waals surface area contributed by atoms with Gasteiger partial charge in [-0.05, 0) is 47.9 Å². The Hall–Kier alpha value is -2.68. The molecule has 0 saturated carbocycles. The number of H-pyrrole nitrogens is 1. The van der Waals surface area contributed by atoms with E-state index in [-0.39, 0.29) is 18.5 Å². The number of nitrogens with one attached hydrogen (secondary N) is 1. The molecule has 7 heteroatoms. The number of nitrogens with zero attached hydrogens (tertiary/aromatic N) is 2. The van der Waals surface area contributed by atoms with Gasteiger partial charge in [-0.15, -0.1) is 11.6 Å². The van der Waals surface area contributed by atoms with Gasteiger partial charge in [-0.25, -0.2) is 4.79 Å². The topological polar surface area (TPSA) is 69.1 Å². The van der Waals surface area contributed by atoms with E-state index in [4.69, 9.17) is 33.2 Å². The minimum Gasteiger partial charge on any atom is -0.448 e. The molecule has 2 aromatic carbocycles. The van der Waals surface area contributed by atoms with E-state index in [1.807, 2.05) is 30.3 Å². The van der Waals surface area contributed by atoms with Gasteiger partial charge >= 0.3 is 6.09 Å². The molecule has 1 aliphatic rings. The van der Waals surface area contributed by atoms with Crippen molar-refractivity contribution in [3.05, 3.63) is 69.9 Å². The van der Waals surface area contributed by atoms with Gasteiger partial charge in [0, 0.05) is 28.2 Å². The normalized spacial score (nSPS) is 15.9. The van der Waals surface area contributed by atoms with Gasteiger partial charge < -0.3 is 9.72 Å². The van der Waals surface area contributed by atoms with Crippen LogP contribution in [0.1, 0.15) is 28.4 Å². The first-order valence-electron chi connectivity index (χ1n) is 8.92. The highest BCUT2D eigenvalue weighted by molar-refractivity contribution is 6.31. The first-order chi connectivity index (χ1) is 13.6. The Bertz CT molecular complexity index is 1070. The standard InChI is InChI=1S/C21H17Cl2N3O2/c22-8-10-28-21(27)26-9-7-16-17-11-15(23)5-6-18(17)25-19(16)20(26)14-3-1-13(12-24)2-4-14/h1-6,11,20,25H,7-10H2. The van der Waals surface area contributed by atoms with E-state index in [1.165, 1.54) is 0 Å². The van der Waals surface area contributed by atoms with E-state index >= 15 is 0 Å². The number of aromatic amines is 1. The average Bonchev–Trinajstić information content (AvgIpc) is 3.09. The van der Waals surface area contributed by atoms with Gasteiger partial charge in [-0.1, -0.05) is 23.7 Å². The molecule has 3 aromatic rings. The summed E-state index contributed by atoms with van der Waals surface area (Å²) < 4.78 is 5.30. The Morgan fingerprint density at radius 2 is 2.07 bits per heavy atom. The Balaban J connectivity index is 1.83. The largest absolute Gasteiger partial charge is 0.448 e. The van der Waals surface area contributed by atoms with Crippen LogP contribution in [0.5, 0.6) is 0 Å². The molecule has 1 amide bonds. The molecular weight excluding hydrogens is 397 g/mol. The molecular formula is C21H17Cl2N3O2. The summed E-state index contributed by atoms with van der Waals surface area (Å²) in [5, 5.41) is 10.8. The summed E-state index contributed by atoms with van der Waals surface area (Å²) in [4.78, 5) is 17.9. The number of fused-ring (bicyclic) bond motifs is 3. The van der Waals surface area contributed by atoms with Crippen LogP contribution < -0.4 is 0 Å². The molecule has 142 valence electrons. The number of rotatable bonds is 3. The third-order valence-corrected chi connectivity index (χ3v) is 5.37. The molecule has 2 heterocycles. The van der Waals surface area contributed by atoms with Gasteiger partial charge in [0.05, 0.1) is 17.5 Å². The fraction of sp³-hybridized carbons (Fsp3) is 0.238. The molecule has 0 fully saturated rings. The maximum atomic E-state index is 12.7. The van der Waals surface area contributed by atoms with Crippen molar-refractivity contribution >= 4 is 40.2 Å². The maximum Gasteiger partial charge on any atom is 0.410 e. The Morgan fingerprint density at radius 1 is 1.29 bits per heavy atom. The molecule has 0 aliphatic carbocycles. The zero-order valence-electron chi connectivity index (χ0n) is 14.9. The molecule has 1 unspecified atom stereocenters. The molecule has 1 N–H and O–H groups in total. The molecule has 1 aliphatic heterocycles. The highest BCUT2D eigenvalue weighted by atomic mass is 35.5. The van der Waals surface area contributed by atoms with Crippen molar-refractivity contribution in [3.8, 4) is 6.07 Å². The molecule has 1 aromatic heterocycles. The van der Waals surface area contributed by atoms with Gasteiger partial charge in [0.25, 0.3) is 0 Å². The summed E-state index contributed by atoms with van der Waals surface area (Å²) in [5.74, 6) is 0.247. The lowest BCUT2D eigenvalue weighted by Crippen LogP contribution is -2.41. The predicted molar refractivity (Wildman–Crippen MR) is 109 cm³/mol. The SMILES string of the molecule is N#Cc1ccc(C2c3[nH]c4ccc(Cl)cc4c3CCN2C(=O)OCCCl)cc1. The van der Waals surface area contributed by atoms with Crippen LogP contribution in [0.25, 0.3) is 10.9 Å². The zero-order chi connectivity index (χ0) is 19.7. The number of alkyl halides is 1. The summed E-state index contributed by atoms with van der Waals surface area (Å²) in [5.41, 5.74) is 4.54. The zero-order valence-corrected chi connectivity index (χ0v) is 16.4. The van der Waals surface area contributed by atoms with Crippen LogP contribution in [0.15, 0.2) is 42.5 Å². The number of benzene rings is 2. The highest BCUT2D eigenvalue weighted by Crippen LogP contribution is 2.39. The highest BCUT2D eigenvalue weighted by Gasteiger charge is 2.35. The molecule has 0 radical (unpaired) electrons. The quantitative estimate of drug-likeness (QED) is 0.613. The third-order valence-electron chi connectivity index (χ3n) is 4.98. The number of nitriles is 1. The van der Waals surface area contributed by atoms with Crippen LogP contribution in [0.4, 0.5) is 4.79 Å². The fourth-order valence-electron chi connectivity index (χ4n) is 3.75. The van der Waals surface area contributed by atoms with Crippen molar-refractivity contribution in [1.29, 1.82) is 5.26 Å². The van der Waals surface area contributed by atoms with Gasteiger partial charge in [0.1, 0.15) is 12.6 Å². The van der Waals surface area contributed by atoms with Crippen molar-refractivity contribution < 1.29 is 9.53 Å². The monoisotopic (exact) mass is 413 g/mol. The Kier molecular flexibility index (Phi) is 5.17. The van der Waals surface area contributed by atoms with Crippen molar-refractivity contribution in [3.63, 3.8) is 0 Å². The van der Waals surface area contributed by atoms with E-state index in [0.29, 0.717) is 23.6 Å². The van der Waals surface area contributed by atoms with Crippen LogP contribution in [-0.4, -0.2) is 35.0 Å². The minimum atomic E-state index is -0.405.